The van der Waals surface area contributed by atoms with Crippen molar-refractivity contribution >= 4 is 21.6 Å². The van der Waals surface area contributed by atoms with E-state index in [0.717, 1.165) is 6.42 Å². The van der Waals surface area contributed by atoms with Gasteiger partial charge in [-0.05, 0) is 48.9 Å². The molecule has 0 radical (unpaired) electrons. The maximum atomic E-state index is 3.67. The summed E-state index contributed by atoms with van der Waals surface area (Å²) < 4.78 is 1.22. The van der Waals surface area contributed by atoms with E-state index in [0.29, 0.717) is 6.04 Å². The molecule has 1 aliphatic rings. The molecule has 1 N–H and O–H groups in total. The average molecular weight is 268 g/mol. The van der Waals surface area contributed by atoms with Gasteiger partial charge in [-0.3, -0.25) is 0 Å². The molecule has 1 aromatic carbocycles. The van der Waals surface area contributed by atoms with Crippen LogP contribution in [0.1, 0.15) is 37.8 Å². The second kappa shape index (κ2) is 4.56. The molecule has 0 aliphatic carbocycles. The van der Waals surface area contributed by atoms with Gasteiger partial charge in [0.2, 0.25) is 0 Å². The van der Waals surface area contributed by atoms with Crippen molar-refractivity contribution in [2.24, 2.45) is 0 Å². The topological polar surface area (TPSA) is 12.0 Å². The van der Waals surface area contributed by atoms with E-state index in [1.165, 1.54) is 40.5 Å². The molecule has 0 bridgehead atoms. The lowest BCUT2D eigenvalue weighted by molar-refractivity contribution is 0.612. The molecule has 82 valence electrons. The Morgan fingerprint density at radius 3 is 2.87 bits per heavy atom. The molecule has 0 spiro atoms. The first-order valence-corrected chi connectivity index (χ1v) is 6.61. The summed E-state index contributed by atoms with van der Waals surface area (Å²) in [5.41, 5.74) is 4.32. The number of rotatable bonds is 2. The van der Waals surface area contributed by atoms with Gasteiger partial charge in [0.15, 0.2) is 0 Å². The molecule has 0 fully saturated rings. The molecular weight excluding hydrogens is 250 g/mol. The van der Waals surface area contributed by atoms with E-state index in [4.69, 9.17) is 0 Å². The molecule has 1 aliphatic heterocycles. The summed E-state index contributed by atoms with van der Waals surface area (Å²) >= 11 is 3.59. The van der Waals surface area contributed by atoms with Crippen LogP contribution in [0.5, 0.6) is 0 Å². The average Bonchev–Trinajstić information content (AvgIpc) is 2.27. The molecule has 0 saturated carbocycles. The Morgan fingerprint density at radius 1 is 1.40 bits per heavy atom. The number of halogens is 1. The van der Waals surface area contributed by atoms with Gasteiger partial charge in [0, 0.05) is 16.2 Å². The first kappa shape index (κ1) is 11.0. The number of anilines is 1. The fraction of sp³-hybridized carbons (Fsp3) is 0.538. The standard InChI is InChI=1S/C13H18BrN/c1-3-9-7-11(14)8-10-5-6-12(4-2)15-13(9)10/h7-8,12,15H,3-6H2,1-2H3. The Kier molecular flexibility index (Phi) is 3.35. The lowest BCUT2D eigenvalue weighted by Crippen LogP contribution is -2.25. The minimum Gasteiger partial charge on any atom is -0.382 e. The first-order chi connectivity index (χ1) is 7.24. The fourth-order valence-electron chi connectivity index (χ4n) is 2.30. The van der Waals surface area contributed by atoms with E-state index in [2.05, 4.69) is 47.2 Å². The third-order valence-electron chi connectivity index (χ3n) is 3.25. The van der Waals surface area contributed by atoms with Gasteiger partial charge in [-0.1, -0.05) is 29.8 Å². The van der Waals surface area contributed by atoms with Gasteiger partial charge in [-0.25, -0.2) is 0 Å². The molecule has 1 heterocycles. The van der Waals surface area contributed by atoms with Crippen LogP contribution < -0.4 is 5.32 Å². The van der Waals surface area contributed by atoms with Crippen molar-refractivity contribution in [1.82, 2.24) is 0 Å². The summed E-state index contributed by atoms with van der Waals surface area (Å²) in [6.45, 7) is 4.48. The van der Waals surface area contributed by atoms with Gasteiger partial charge >= 0.3 is 0 Å². The van der Waals surface area contributed by atoms with Gasteiger partial charge in [0.1, 0.15) is 0 Å². The highest BCUT2D eigenvalue weighted by molar-refractivity contribution is 9.10. The molecule has 0 aromatic heterocycles. The minimum atomic E-state index is 0.670. The zero-order valence-corrected chi connectivity index (χ0v) is 11.0. The molecule has 2 rings (SSSR count). The third-order valence-corrected chi connectivity index (χ3v) is 3.71. The molecule has 0 amide bonds. The van der Waals surface area contributed by atoms with Crippen molar-refractivity contribution in [2.75, 3.05) is 5.32 Å². The lowest BCUT2D eigenvalue weighted by Gasteiger charge is -2.28. The highest BCUT2D eigenvalue weighted by Crippen LogP contribution is 2.32. The number of fused-ring (bicyclic) bond motifs is 1. The van der Waals surface area contributed by atoms with Gasteiger partial charge in [-0.15, -0.1) is 0 Å². The van der Waals surface area contributed by atoms with Gasteiger partial charge in [0.25, 0.3) is 0 Å². The Bertz CT molecular complexity index is 343. The number of nitrogens with one attached hydrogen (secondary N) is 1. The Balaban J connectivity index is 2.39. The lowest BCUT2D eigenvalue weighted by atomic mass is 9.93. The molecule has 1 atom stereocenters. The van der Waals surface area contributed by atoms with Crippen molar-refractivity contribution in [2.45, 2.75) is 45.6 Å². The van der Waals surface area contributed by atoms with Crippen LogP contribution in [0, 0.1) is 0 Å². The van der Waals surface area contributed by atoms with Crippen LogP contribution >= 0.6 is 15.9 Å². The van der Waals surface area contributed by atoms with Crippen LogP contribution in [0.2, 0.25) is 0 Å². The second-order valence-corrected chi connectivity index (χ2v) is 5.16. The number of hydrogen-bond acceptors (Lipinski definition) is 1. The van der Waals surface area contributed by atoms with E-state index in [1.54, 1.807) is 0 Å². The summed E-state index contributed by atoms with van der Waals surface area (Å²) in [6.07, 6.45) is 4.81. The molecule has 15 heavy (non-hydrogen) atoms. The zero-order chi connectivity index (χ0) is 10.8. The maximum absolute atomic E-state index is 3.67. The Labute approximate surface area is 100 Å². The quantitative estimate of drug-likeness (QED) is 0.849. The van der Waals surface area contributed by atoms with E-state index in [-0.39, 0.29) is 0 Å². The van der Waals surface area contributed by atoms with E-state index in [1.807, 2.05) is 0 Å². The highest BCUT2D eigenvalue weighted by atomic mass is 79.9. The Hall–Kier alpha value is -0.500. The van der Waals surface area contributed by atoms with E-state index >= 15 is 0 Å². The van der Waals surface area contributed by atoms with E-state index < -0.39 is 0 Å². The first-order valence-electron chi connectivity index (χ1n) is 5.82. The SMILES string of the molecule is CCc1cc(Br)cc2c1NC(CC)CC2. The monoisotopic (exact) mass is 267 g/mol. The van der Waals surface area contributed by atoms with Crippen molar-refractivity contribution in [3.8, 4) is 0 Å². The molecule has 1 nitrogen and oxygen atoms in total. The van der Waals surface area contributed by atoms with Crippen LogP contribution in [-0.2, 0) is 12.8 Å². The fourth-order valence-corrected chi connectivity index (χ4v) is 2.85. The van der Waals surface area contributed by atoms with Crippen LogP contribution in [0.3, 0.4) is 0 Å². The number of hydrogen-bond donors (Lipinski definition) is 1. The minimum absolute atomic E-state index is 0.670. The van der Waals surface area contributed by atoms with Crippen LogP contribution in [0.4, 0.5) is 5.69 Å². The predicted molar refractivity (Wildman–Crippen MR) is 69.5 cm³/mol. The third kappa shape index (κ3) is 2.20. The summed E-state index contributed by atoms with van der Waals surface area (Å²) in [4.78, 5) is 0. The van der Waals surface area contributed by atoms with Crippen LogP contribution in [-0.4, -0.2) is 6.04 Å². The van der Waals surface area contributed by atoms with Crippen molar-refractivity contribution in [3.63, 3.8) is 0 Å². The summed E-state index contributed by atoms with van der Waals surface area (Å²) in [7, 11) is 0. The Morgan fingerprint density at radius 2 is 2.20 bits per heavy atom. The molecule has 1 unspecified atom stereocenters. The molecule has 0 saturated heterocycles. The van der Waals surface area contributed by atoms with Gasteiger partial charge in [0.05, 0.1) is 0 Å². The number of aryl methyl sites for hydroxylation is 2. The summed E-state index contributed by atoms with van der Waals surface area (Å²) in [5, 5.41) is 3.67. The van der Waals surface area contributed by atoms with Gasteiger partial charge in [-0.2, -0.15) is 0 Å². The summed E-state index contributed by atoms with van der Waals surface area (Å²) in [5.74, 6) is 0. The van der Waals surface area contributed by atoms with E-state index in [9.17, 15) is 0 Å². The normalized spacial score (nSPS) is 19.5. The number of benzene rings is 1. The molecular formula is C13H18BrN. The highest BCUT2D eigenvalue weighted by Gasteiger charge is 2.18. The van der Waals surface area contributed by atoms with Gasteiger partial charge < -0.3 is 5.32 Å². The van der Waals surface area contributed by atoms with Crippen LogP contribution in [0.25, 0.3) is 0 Å². The smallest absolute Gasteiger partial charge is 0.0408 e. The predicted octanol–water partition coefficient (Wildman–Crippen LogP) is 4.15. The van der Waals surface area contributed by atoms with Crippen molar-refractivity contribution in [3.05, 3.63) is 27.7 Å². The van der Waals surface area contributed by atoms with Crippen molar-refractivity contribution < 1.29 is 0 Å². The maximum Gasteiger partial charge on any atom is 0.0408 e. The largest absolute Gasteiger partial charge is 0.382 e. The zero-order valence-electron chi connectivity index (χ0n) is 9.44. The van der Waals surface area contributed by atoms with Crippen LogP contribution in [0.15, 0.2) is 16.6 Å². The second-order valence-electron chi connectivity index (χ2n) is 4.24. The molecule has 1 aromatic rings. The molecule has 2 heteroatoms. The summed E-state index contributed by atoms with van der Waals surface area (Å²) in [6, 6.07) is 5.17. The van der Waals surface area contributed by atoms with Crippen molar-refractivity contribution in [1.29, 1.82) is 0 Å².